The summed E-state index contributed by atoms with van der Waals surface area (Å²) in [5, 5.41) is 8.32. The van der Waals surface area contributed by atoms with Gasteiger partial charge in [0.1, 0.15) is 6.04 Å². The molecule has 0 aliphatic carbocycles. The van der Waals surface area contributed by atoms with E-state index in [4.69, 9.17) is 11.6 Å². The first-order chi connectivity index (χ1) is 9.90. The average molecular weight is 312 g/mol. The lowest BCUT2D eigenvalue weighted by Gasteiger charge is -2.13. The number of nitrogens with one attached hydrogen (secondary N) is 3. The third-order valence-corrected chi connectivity index (χ3v) is 2.88. The van der Waals surface area contributed by atoms with Crippen LogP contribution in [-0.4, -0.2) is 36.9 Å². The maximum Gasteiger partial charge on any atom is 0.251 e. The predicted octanol–water partition coefficient (Wildman–Crippen LogP) is 0.711. The van der Waals surface area contributed by atoms with E-state index in [1.165, 1.54) is 6.92 Å². The van der Waals surface area contributed by atoms with E-state index in [1.807, 2.05) is 0 Å². The summed E-state index contributed by atoms with van der Waals surface area (Å²) in [6.45, 7) is 3.50. The predicted molar refractivity (Wildman–Crippen MR) is 80.1 cm³/mol. The van der Waals surface area contributed by atoms with Crippen LogP contribution in [0.3, 0.4) is 0 Å². The summed E-state index contributed by atoms with van der Waals surface area (Å²) in [7, 11) is 0. The zero-order valence-corrected chi connectivity index (χ0v) is 12.7. The van der Waals surface area contributed by atoms with Gasteiger partial charge in [-0.3, -0.25) is 14.4 Å². The summed E-state index contributed by atoms with van der Waals surface area (Å²) in [6.07, 6.45) is 0. The van der Waals surface area contributed by atoms with Gasteiger partial charge in [-0.15, -0.1) is 0 Å². The van der Waals surface area contributed by atoms with Gasteiger partial charge in [0.05, 0.1) is 0 Å². The van der Waals surface area contributed by atoms with Crippen molar-refractivity contribution in [1.29, 1.82) is 0 Å². The molecule has 3 amide bonds. The van der Waals surface area contributed by atoms with Crippen LogP contribution in [0.2, 0.25) is 5.02 Å². The molecule has 0 fully saturated rings. The Hall–Kier alpha value is -2.08. The maximum absolute atomic E-state index is 11.8. The number of hydrogen-bond acceptors (Lipinski definition) is 3. The van der Waals surface area contributed by atoms with Crippen LogP contribution in [0.5, 0.6) is 0 Å². The largest absolute Gasteiger partial charge is 0.353 e. The van der Waals surface area contributed by atoms with E-state index in [-0.39, 0.29) is 24.3 Å². The van der Waals surface area contributed by atoms with Crippen LogP contribution in [0.1, 0.15) is 24.2 Å². The fraction of sp³-hybridized carbons (Fsp3) is 0.357. The number of carbonyl (C=O) groups excluding carboxylic acids is 3. The van der Waals surface area contributed by atoms with Crippen LogP contribution in [0.4, 0.5) is 0 Å². The molecule has 0 aliphatic heterocycles. The number of benzene rings is 1. The first kappa shape index (κ1) is 17.0. The Morgan fingerprint density at radius 3 is 2.24 bits per heavy atom. The topological polar surface area (TPSA) is 87.3 Å². The fourth-order valence-electron chi connectivity index (χ4n) is 1.59. The van der Waals surface area contributed by atoms with Crippen molar-refractivity contribution >= 4 is 29.3 Å². The van der Waals surface area contributed by atoms with Crippen LogP contribution >= 0.6 is 11.6 Å². The fourth-order valence-corrected chi connectivity index (χ4v) is 1.71. The lowest BCUT2D eigenvalue weighted by molar-refractivity contribution is -0.127. The van der Waals surface area contributed by atoms with Gasteiger partial charge in [0.15, 0.2) is 0 Å². The number of carbonyl (C=O) groups is 3. The minimum absolute atomic E-state index is 0.240. The van der Waals surface area contributed by atoms with Gasteiger partial charge in [-0.05, 0) is 31.2 Å². The lowest BCUT2D eigenvalue weighted by Crippen LogP contribution is -2.46. The van der Waals surface area contributed by atoms with Gasteiger partial charge in [-0.25, -0.2) is 0 Å². The van der Waals surface area contributed by atoms with Gasteiger partial charge >= 0.3 is 0 Å². The van der Waals surface area contributed by atoms with Crippen LogP contribution in [0.25, 0.3) is 0 Å². The van der Waals surface area contributed by atoms with E-state index in [1.54, 1.807) is 31.2 Å². The molecule has 1 aromatic rings. The highest BCUT2D eigenvalue weighted by atomic mass is 35.5. The van der Waals surface area contributed by atoms with Crippen molar-refractivity contribution in [3.05, 3.63) is 34.9 Å². The lowest BCUT2D eigenvalue weighted by atomic mass is 10.2. The quantitative estimate of drug-likeness (QED) is 0.676. The van der Waals surface area contributed by atoms with Crippen molar-refractivity contribution in [3.63, 3.8) is 0 Å². The molecule has 1 rings (SSSR count). The molecule has 0 unspecified atom stereocenters. The van der Waals surface area contributed by atoms with Crippen molar-refractivity contribution in [2.45, 2.75) is 19.9 Å². The molecular weight excluding hydrogens is 294 g/mol. The Morgan fingerprint density at radius 2 is 1.67 bits per heavy atom. The van der Waals surface area contributed by atoms with E-state index >= 15 is 0 Å². The van der Waals surface area contributed by atoms with Crippen molar-refractivity contribution in [2.75, 3.05) is 13.1 Å². The highest BCUT2D eigenvalue weighted by molar-refractivity contribution is 6.30. The molecule has 0 radical (unpaired) electrons. The zero-order valence-electron chi connectivity index (χ0n) is 11.9. The molecular formula is C14H18ClN3O3. The Morgan fingerprint density at radius 1 is 1.10 bits per heavy atom. The zero-order chi connectivity index (χ0) is 15.8. The molecule has 21 heavy (non-hydrogen) atoms. The molecule has 0 saturated carbocycles. The van der Waals surface area contributed by atoms with Crippen molar-refractivity contribution < 1.29 is 14.4 Å². The Kier molecular flexibility index (Phi) is 6.68. The van der Waals surface area contributed by atoms with E-state index in [9.17, 15) is 14.4 Å². The molecule has 0 aromatic heterocycles. The normalized spacial score (nSPS) is 11.4. The third-order valence-electron chi connectivity index (χ3n) is 2.63. The minimum Gasteiger partial charge on any atom is -0.353 e. The number of amides is 3. The van der Waals surface area contributed by atoms with Gasteiger partial charge in [0.2, 0.25) is 11.8 Å². The molecule has 6 nitrogen and oxygen atoms in total. The van der Waals surface area contributed by atoms with E-state index < -0.39 is 6.04 Å². The molecule has 0 aliphatic rings. The van der Waals surface area contributed by atoms with Crippen LogP contribution in [-0.2, 0) is 9.59 Å². The van der Waals surface area contributed by atoms with Crippen LogP contribution in [0, 0.1) is 0 Å². The van der Waals surface area contributed by atoms with Gasteiger partial charge < -0.3 is 16.0 Å². The number of halogens is 1. The van der Waals surface area contributed by atoms with Crippen molar-refractivity contribution in [3.8, 4) is 0 Å². The third kappa shape index (κ3) is 6.27. The molecule has 0 saturated heterocycles. The highest BCUT2D eigenvalue weighted by Gasteiger charge is 2.12. The van der Waals surface area contributed by atoms with Crippen molar-refractivity contribution in [2.24, 2.45) is 0 Å². The molecule has 1 aromatic carbocycles. The monoisotopic (exact) mass is 311 g/mol. The SMILES string of the molecule is CC(=O)N[C@@H](C)C(=O)NCCNC(=O)c1ccc(Cl)cc1. The Bertz CT molecular complexity index is 517. The second-order valence-corrected chi connectivity index (χ2v) is 4.91. The molecule has 0 bridgehead atoms. The minimum atomic E-state index is -0.602. The molecule has 7 heteroatoms. The van der Waals surface area contributed by atoms with E-state index in [0.29, 0.717) is 17.1 Å². The van der Waals surface area contributed by atoms with Crippen molar-refractivity contribution in [1.82, 2.24) is 16.0 Å². The van der Waals surface area contributed by atoms with Crippen LogP contribution < -0.4 is 16.0 Å². The summed E-state index contributed by atoms with van der Waals surface area (Å²) >= 11 is 5.73. The van der Waals surface area contributed by atoms with Gasteiger partial charge in [-0.1, -0.05) is 11.6 Å². The second-order valence-electron chi connectivity index (χ2n) is 4.48. The second kappa shape index (κ2) is 8.26. The van der Waals surface area contributed by atoms with Gasteiger partial charge in [-0.2, -0.15) is 0 Å². The first-order valence-electron chi connectivity index (χ1n) is 6.48. The molecule has 3 N–H and O–H groups in total. The number of rotatable bonds is 6. The van der Waals surface area contributed by atoms with E-state index in [2.05, 4.69) is 16.0 Å². The Balaban J connectivity index is 2.27. The van der Waals surface area contributed by atoms with Gasteiger partial charge in [0, 0.05) is 30.6 Å². The number of hydrogen-bond donors (Lipinski definition) is 3. The Labute approximate surface area is 128 Å². The highest BCUT2D eigenvalue weighted by Crippen LogP contribution is 2.08. The maximum atomic E-state index is 11.8. The van der Waals surface area contributed by atoms with E-state index in [0.717, 1.165) is 0 Å². The van der Waals surface area contributed by atoms with Crippen LogP contribution in [0.15, 0.2) is 24.3 Å². The molecule has 1 atom stereocenters. The first-order valence-corrected chi connectivity index (χ1v) is 6.86. The summed E-state index contributed by atoms with van der Waals surface area (Å²) in [6, 6.07) is 5.90. The standard InChI is InChI=1S/C14H18ClN3O3/c1-9(18-10(2)19)13(20)16-7-8-17-14(21)11-3-5-12(15)6-4-11/h3-6,9H,7-8H2,1-2H3,(H,16,20)(H,17,21)(H,18,19)/t9-/m0/s1. The summed E-state index contributed by atoms with van der Waals surface area (Å²) < 4.78 is 0. The average Bonchev–Trinajstić information content (AvgIpc) is 2.43. The molecule has 0 spiro atoms. The smallest absolute Gasteiger partial charge is 0.251 e. The molecule has 0 heterocycles. The molecule has 114 valence electrons. The summed E-state index contributed by atoms with van der Waals surface area (Å²) in [5.41, 5.74) is 0.498. The summed E-state index contributed by atoms with van der Waals surface area (Å²) in [5.74, 6) is -0.810. The van der Waals surface area contributed by atoms with Gasteiger partial charge in [0.25, 0.3) is 5.91 Å². The summed E-state index contributed by atoms with van der Waals surface area (Å²) in [4.78, 5) is 34.1.